The van der Waals surface area contributed by atoms with Gasteiger partial charge in [0.15, 0.2) is 5.78 Å². The van der Waals surface area contributed by atoms with Crippen LogP contribution in [0.3, 0.4) is 0 Å². The molecule has 3 aromatic rings. The van der Waals surface area contributed by atoms with Crippen molar-refractivity contribution in [2.75, 3.05) is 0 Å². The zero-order valence-corrected chi connectivity index (χ0v) is 12.9. The number of pyridine rings is 1. The van der Waals surface area contributed by atoms with E-state index in [0.717, 1.165) is 22.3 Å². The summed E-state index contributed by atoms with van der Waals surface area (Å²) in [5, 5.41) is 1.22. The third-order valence-electron chi connectivity index (χ3n) is 3.67. The summed E-state index contributed by atoms with van der Waals surface area (Å²) in [6, 6.07) is 5.74. The molecule has 0 bridgehead atoms. The third-order valence-corrected chi connectivity index (χ3v) is 3.99. The molecule has 0 amide bonds. The SMILES string of the molecule is Cc1cc(C)c(C(=O)c2c[nH]c3nccc(Cl)c23)c(C)c1. The van der Waals surface area contributed by atoms with E-state index in [1.165, 1.54) is 0 Å². The van der Waals surface area contributed by atoms with Crippen molar-refractivity contribution in [3.63, 3.8) is 0 Å². The third kappa shape index (κ3) is 2.24. The van der Waals surface area contributed by atoms with Gasteiger partial charge in [0.05, 0.1) is 10.6 Å². The zero-order valence-electron chi connectivity index (χ0n) is 12.1. The van der Waals surface area contributed by atoms with Crippen LogP contribution in [-0.4, -0.2) is 15.8 Å². The molecule has 1 aromatic carbocycles. The minimum atomic E-state index is -0.0221. The van der Waals surface area contributed by atoms with E-state index in [-0.39, 0.29) is 5.78 Å². The van der Waals surface area contributed by atoms with Crippen molar-refractivity contribution in [1.82, 2.24) is 9.97 Å². The summed E-state index contributed by atoms with van der Waals surface area (Å²) >= 11 is 6.23. The number of carbonyl (C=O) groups is 1. The molecule has 0 atom stereocenters. The highest BCUT2D eigenvalue weighted by molar-refractivity contribution is 6.37. The first-order valence-corrected chi connectivity index (χ1v) is 7.11. The average molecular weight is 299 g/mol. The van der Waals surface area contributed by atoms with Crippen LogP contribution in [-0.2, 0) is 0 Å². The number of carbonyl (C=O) groups excluding carboxylic acids is 1. The highest BCUT2D eigenvalue weighted by atomic mass is 35.5. The lowest BCUT2D eigenvalue weighted by Crippen LogP contribution is -2.06. The summed E-state index contributed by atoms with van der Waals surface area (Å²) in [6.07, 6.45) is 3.31. The summed E-state index contributed by atoms with van der Waals surface area (Å²) in [4.78, 5) is 20.1. The van der Waals surface area contributed by atoms with Crippen LogP contribution in [0.2, 0.25) is 5.02 Å². The van der Waals surface area contributed by atoms with Gasteiger partial charge in [0, 0.05) is 23.3 Å². The van der Waals surface area contributed by atoms with Crippen LogP contribution in [0, 0.1) is 20.8 Å². The number of halogens is 1. The Balaban J connectivity index is 2.23. The van der Waals surface area contributed by atoms with Crippen LogP contribution in [0.4, 0.5) is 0 Å². The first-order valence-electron chi connectivity index (χ1n) is 6.73. The molecule has 0 spiro atoms. The maximum absolute atomic E-state index is 12.9. The van der Waals surface area contributed by atoms with E-state index in [0.29, 0.717) is 21.6 Å². The van der Waals surface area contributed by atoms with Crippen molar-refractivity contribution in [1.29, 1.82) is 0 Å². The van der Waals surface area contributed by atoms with Gasteiger partial charge in [0.25, 0.3) is 0 Å². The van der Waals surface area contributed by atoms with E-state index in [2.05, 4.69) is 9.97 Å². The molecular weight excluding hydrogens is 284 g/mol. The first kappa shape index (κ1) is 13.8. The molecule has 0 unspecified atom stereocenters. The second kappa shape index (κ2) is 5.01. The topological polar surface area (TPSA) is 45.8 Å². The number of H-pyrrole nitrogens is 1. The summed E-state index contributed by atoms with van der Waals surface area (Å²) in [6.45, 7) is 5.95. The molecule has 3 nitrogen and oxygen atoms in total. The minimum absolute atomic E-state index is 0.0221. The van der Waals surface area contributed by atoms with E-state index in [1.807, 2.05) is 32.9 Å². The van der Waals surface area contributed by atoms with Crippen molar-refractivity contribution in [2.45, 2.75) is 20.8 Å². The fourth-order valence-electron chi connectivity index (χ4n) is 2.87. The molecule has 0 saturated carbocycles. The van der Waals surface area contributed by atoms with Crippen molar-refractivity contribution in [3.8, 4) is 0 Å². The van der Waals surface area contributed by atoms with Crippen molar-refractivity contribution in [2.24, 2.45) is 0 Å². The molecule has 0 aliphatic carbocycles. The summed E-state index contributed by atoms with van der Waals surface area (Å²) in [5.41, 5.74) is 5.05. The number of nitrogens with one attached hydrogen (secondary N) is 1. The molecule has 4 heteroatoms. The number of nitrogens with zero attached hydrogens (tertiary/aromatic N) is 1. The second-order valence-corrected chi connectivity index (χ2v) is 5.73. The Labute approximate surface area is 128 Å². The summed E-state index contributed by atoms with van der Waals surface area (Å²) < 4.78 is 0. The largest absolute Gasteiger partial charge is 0.345 e. The van der Waals surface area contributed by atoms with E-state index in [9.17, 15) is 4.79 Å². The Kier molecular flexibility index (Phi) is 3.30. The van der Waals surface area contributed by atoms with Gasteiger partial charge in [-0.05, 0) is 38.0 Å². The number of aromatic amines is 1. The maximum atomic E-state index is 12.9. The average Bonchev–Trinajstić information content (AvgIpc) is 2.82. The van der Waals surface area contributed by atoms with Crippen LogP contribution in [0.25, 0.3) is 11.0 Å². The molecule has 0 radical (unpaired) electrons. The van der Waals surface area contributed by atoms with Gasteiger partial charge in [0.2, 0.25) is 0 Å². The second-order valence-electron chi connectivity index (χ2n) is 5.32. The Morgan fingerprint density at radius 1 is 1.19 bits per heavy atom. The van der Waals surface area contributed by atoms with E-state index in [4.69, 9.17) is 11.6 Å². The minimum Gasteiger partial charge on any atom is -0.345 e. The molecule has 0 aliphatic rings. The number of aromatic nitrogens is 2. The Bertz CT molecular complexity index is 841. The Morgan fingerprint density at radius 2 is 1.86 bits per heavy atom. The fourth-order valence-corrected chi connectivity index (χ4v) is 3.12. The molecule has 2 heterocycles. The molecule has 21 heavy (non-hydrogen) atoms. The molecule has 1 N–H and O–H groups in total. The van der Waals surface area contributed by atoms with E-state index >= 15 is 0 Å². The predicted molar refractivity (Wildman–Crippen MR) is 85.2 cm³/mol. The number of benzene rings is 1. The van der Waals surface area contributed by atoms with Gasteiger partial charge in [-0.2, -0.15) is 0 Å². The normalized spacial score (nSPS) is 11.0. The Hall–Kier alpha value is -2.13. The summed E-state index contributed by atoms with van der Waals surface area (Å²) in [7, 11) is 0. The number of ketones is 1. The number of fused-ring (bicyclic) bond motifs is 1. The highest BCUT2D eigenvalue weighted by Crippen LogP contribution is 2.28. The lowest BCUT2D eigenvalue weighted by Gasteiger charge is -2.10. The fraction of sp³-hybridized carbons (Fsp3) is 0.176. The van der Waals surface area contributed by atoms with Gasteiger partial charge in [-0.3, -0.25) is 4.79 Å². The van der Waals surface area contributed by atoms with Crippen LogP contribution < -0.4 is 0 Å². The van der Waals surface area contributed by atoms with Gasteiger partial charge in [-0.15, -0.1) is 0 Å². The predicted octanol–water partition coefficient (Wildman–Crippen LogP) is 4.37. The number of hydrogen-bond donors (Lipinski definition) is 1. The first-order chi connectivity index (χ1) is 9.99. The molecule has 0 fully saturated rings. The van der Waals surface area contributed by atoms with Crippen LogP contribution in [0.15, 0.2) is 30.6 Å². The molecule has 2 aromatic heterocycles. The maximum Gasteiger partial charge on any atom is 0.195 e. The highest BCUT2D eigenvalue weighted by Gasteiger charge is 2.20. The number of hydrogen-bond acceptors (Lipinski definition) is 2. The zero-order chi connectivity index (χ0) is 15.1. The quantitative estimate of drug-likeness (QED) is 0.714. The number of aryl methyl sites for hydroxylation is 3. The Morgan fingerprint density at radius 3 is 2.52 bits per heavy atom. The van der Waals surface area contributed by atoms with Gasteiger partial charge in [-0.1, -0.05) is 29.3 Å². The van der Waals surface area contributed by atoms with E-state index < -0.39 is 0 Å². The molecular formula is C17H15ClN2O. The van der Waals surface area contributed by atoms with Gasteiger partial charge in [-0.25, -0.2) is 4.98 Å². The van der Waals surface area contributed by atoms with Gasteiger partial charge in [0.1, 0.15) is 5.65 Å². The van der Waals surface area contributed by atoms with E-state index in [1.54, 1.807) is 18.5 Å². The van der Waals surface area contributed by atoms with Crippen LogP contribution >= 0.6 is 11.6 Å². The lowest BCUT2D eigenvalue weighted by atomic mass is 9.93. The molecule has 106 valence electrons. The standard InChI is InChI=1S/C17H15ClN2O/c1-9-6-10(2)14(11(3)7-9)16(21)12-8-20-17-15(12)13(18)4-5-19-17/h4-8H,1-3H3,(H,19,20). The van der Waals surface area contributed by atoms with Crippen molar-refractivity contribution < 1.29 is 4.79 Å². The monoisotopic (exact) mass is 298 g/mol. The van der Waals surface area contributed by atoms with Gasteiger partial charge < -0.3 is 4.98 Å². The molecule has 3 rings (SSSR count). The molecule has 0 saturated heterocycles. The lowest BCUT2D eigenvalue weighted by molar-refractivity contribution is 0.103. The van der Waals surface area contributed by atoms with Gasteiger partial charge >= 0.3 is 0 Å². The summed E-state index contributed by atoms with van der Waals surface area (Å²) in [5.74, 6) is -0.0221. The van der Waals surface area contributed by atoms with Crippen LogP contribution in [0.1, 0.15) is 32.6 Å². The van der Waals surface area contributed by atoms with Crippen molar-refractivity contribution >= 4 is 28.4 Å². The van der Waals surface area contributed by atoms with Crippen molar-refractivity contribution in [3.05, 3.63) is 63.4 Å². The smallest absolute Gasteiger partial charge is 0.195 e. The molecule has 0 aliphatic heterocycles. The number of rotatable bonds is 2. The van der Waals surface area contributed by atoms with Crippen LogP contribution in [0.5, 0.6) is 0 Å².